The molecule has 1 aliphatic heterocycles. The van der Waals surface area contributed by atoms with Gasteiger partial charge in [0, 0.05) is 19.5 Å². The summed E-state index contributed by atoms with van der Waals surface area (Å²) in [5.74, 6) is -0.0816. The van der Waals surface area contributed by atoms with Crippen LogP contribution in [0.25, 0.3) is 0 Å². The van der Waals surface area contributed by atoms with Crippen molar-refractivity contribution in [2.75, 3.05) is 13.1 Å². The van der Waals surface area contributed by atoms with E-state index < -0.39 is 6.04 Å². The third-order valence-electron chi connectivity index (χ3n) is 3.67. The van der Waals surface area contributed by atoms with Gasteiger partial charge in [0.2, 0.25) is 11.8 Å². The van der Waals surface area contributed by atoms with E-state index in [2.05, 4.69) is 5.32 Å². The van der Waals surface area contributed by atoms with Gasteiger partial charge in [-0.3, -0.25) is 9.59 Å². The van der Waals surface area contributed by atoms with Gasteiger partial charge >= 0.3 is 0 Å². The van der Waals surface area contributed by atoms with E-state index in [0.717, 1.165) is 31.5 Å². The molecule has 1 aromatic carbocycles. The van der Waals surface area contributed by atoms with E-state index in [1.807, 2.05) is 35.2 Å². The SMILES string of the molecule is CCC(=O)N[C@H](C(=O)N1CCCCC1)c1ccccc1. The average molecular weight is 274 g/mol. The van der Waals surface area contributed by atoms with Crippen LogP contribution in [-0.4, -0.2) is 29.8 Å². The standard InChI is InChI=1S/C16H22N2O2/c1-2-14(19)17-15(13-9-5-3-6-10-13)16(20)18-11-7-4-8-12-18/h3,5-6,9-10,15H,2,4,7-8,11-12H2,1H3,(H,17,19)/t15-/m0/s1. The molecular weight excluding hydrogens is 252 g/mol. The average Bonchev–Trinajstić information content (AvgIpc) is 2.53. The predicted molar refractivity (Wildman–Crippen MR) is 78.0 cm³/mol. The Morgan fingerprint density at radius 3 is 2.40 bits per heavy atom. The smallest absolute Gasteiger partial charge is 0.249 e. The molecule has 0 spiro atoms. The van der Waals surface area contributed by atoms with E-state index in [-0.39, 0.29) is 11.8 Å². The maximum Gasteiger partial charge on any atom is 0.249 e. The highest BCUT2D eigenvalue weighted by Crippen LogP contribution is 2.19. The second-order valence-electron chi connectivity index (χ2n) is 5.15. The first-order valence-corrected chi connectivity index (χ1v) is 7.35. The number of hydrogen-bond donors (Lipinski definition) is 1. The van der Waals surface area contributed by atoms with Crippen molar-refractivity contribution in [1.82, 2.24) is 10.2 Å². The number of nitrogens with zero attached hydrogens (tertiary/aromatic N) is 1. The molecule has 108 valence electrons. The highest BCUT2D eigenvalue weighted by Gasteiger charge is 2.27. The van der Waals surface area contributed by atoms with Gasteiger partial charge in [0.25, 0.3) is 0 Å². The maximum atomic E-state index is 12.7. The molecule has 1 aliphatic rings. The molecule has 1 aromatic rings. The minimum Gasteiger partial charge on any atom is -0.341 e. The molecule has 0 bridgehead atoms. The Labute approximate surface area is 120 Å². The van der Waals surface area contributed by atoms with E-state index in [4.69, 9.17) is 0 Å². The lowest BCUT2D eigenvalue weighted by Gasteiger charge is -2.31. The Morgan fingerprint density at radius 2 is 1.80 bits per heavy atom. The number of likely N-dealkylation sites (tertiary alicyclic amines) is 1. The van der Waals surface area contributed by atoms with Gasteiger partial charge in [-0.15, -0.1) is 0 Å². The van der Waals surface area contributed by atoms with Crippen molar-refractivity contribution in [2.24, 2.45) is 0 Å². The van der Waals surface area contributed by atoms with Crippen LogP contribution in [0.1, 0.15) is 44.2 Å². The lowest BCUT2D eigenvalue weighted by Crippen LogP contribution is -2.44. The molecule has 0 aromatic heterocycles. The van der Waals surface area contributed by atoms with Gasteiger partial charge in [0.15, 0.2) is 0 Å². The molecule has 4 heteroatoms. The number of amides is 2. The molecule has 0 unspecified atom stereocenters. The van der Waals surface area contributed by atoms with Gasteiger partial charge in [0.05, 0.1) is 0 Å². The minimum atomic E-state index is -0.554. The van der Waals surface area contributed by atoms with Crippen LogP contribution in [0.3, 0.4) is 0 Å². The number of carbonyl (C=O) groups excluding carboxylic acids is 2. The summed E-state index contributed by atoms with van der Waals surface area (Å²) in [4.78, 5) is 26.2. The molecule has 1 fully saturated rings. The molecule has 1 saturated heterocycles. The summed E-state index contributed by atoms with van der Waals surface area (Å²) < 4.78 is 0. The van der Waals surface area contributed by atoms with Crippen molar-refractivity contribution < 1.29 is 9.59 Å². The van der Waals surface area contributed by atoms with Crippen LogP contribution in [0.5, 0.6) is 0 Å². The van der Waals surface area contributed by atoms with Gasteiger partial charge in [0.1, 0.15) is 6.04 Å². The van der Waals surface area contributed by atoms with Crippen molar-refractivity contribution in [3.63, 3.8) is 0 Å². The summed E-state index contributed by atoms with van der Waals surface area (Å²) in [5, 5.41) is 2.85. The Kier molecular flexibility index (Phi) is 5.16. The quantitative estimate of drug-likeness (QED) is 0.915. The third kappa shape index (κ3) is 3.59. The molecular formula is C16H22N2O2. The fraction of sp³-hybridized carbons (Fsp3) is 0.500. The minimum absolute atomic E-state index is 0.0118. The number of nitrogens with one attached hydrogen (secondary N) is 1. The van der Waals surface area contributed by atoms with Gasteiger partial charge in [-0.05, 0) is 24.8 Å². The van der Waals surface area contributed by atoms with Crippen molar-refractivity contribution in [3.05, 3.63) is 35.9 Å². The van der Waals surface area contributed by atoms with Crippen LogP contribution >= 0.6 is 0 Å². The Morgan fingerprint density at radius 1 is 1.15 bits per heavy atom. The van der Waals surface area contributed by atoms with Crippen LogP contribution in [0, 0.1) is 0 Å². The molecule has 0 aliphatic carbocycles. The summed E-state index contributed by atoms with van der Waals surface area (Å²) >= 11 is 0. The van der Waals surface area contributed by atoms with Gasteiger partial charge < -0.3 is 10.2 Å². The summed E-state index contributed by atoms with van der Waals surface area (Å²) in [5.41, 5.74) is 0.852. The van der Waals surface area contributed by atoms with Crippen LogP contribution in [0.2, 0.25) is 0 Å². The summed E-state index contributed by atoms with van der Waals surface area (Å²) in [6.07, 6.45) is 3.67. The fourth-order valence-corrected chi connectivity index (χ4v) is 2.49. The molecule has 20 heavy (non-hydrogen) atoms. The third-order valence-corrected chi connectivity index (χ3v) is 3.67. The predicted octanol–water partition coefficient (Wildman–Crippen LogP) is 2.27. The number of benzene rings is 1. The molecule has 2 amide bonds. The van der Waals surface area contributed by atoms with Crippen LogP contribution < -0.4 is 5.32 Å². The van der Waals surface area contributed by atoms with Gasteiger partial charge in [-0.1, -0.05) is 37.3 Å². The lowest BCUT2D eigenvalue weighted by atomic mass is 10.0. The first-order chi connectivity index (χ1) is 9.72. The zero-order valence-corrected chi connectivity index (χ0v) is 12.0. The number of rotatable bonds is 4. The zero-order valence-electron chi connectivity index (χ0n) is 12.0. The number of piperidine rings is 1. The molecule has 1 N–H and O–H groups in total. The molecule has 1 atom stereocenters. The Balaban J connectivity index is 2.17. The first-order valence-electron chi connectivity index (χ1n) is 7.35. The van der Waals surface area contributed by atoms with Crippen LogP contribution in [0.4, 0.5) is 0 Å². The van der Waals surface area contributed by atoms with Gasteiger partial charge in [-0.25, -0.2) is 0 Å². The zero-order chi connectivity index (χ0) is 14.4. The second-order valence-corrected chi connectivity index (χ2v) is 5.15. The van der Waals surface area contributed by atoms with E-state index in [0.29, 0.717) is 6.42 Å². The van der Waals surface area contributed by atoms with Crippen molar-refractivity contribution in [2.45, 2.75) is 38.6 Å². The highest BCUT2D eigenvalue weighted by molar-refractivity contribution is 5.88. The Bertz CT molecular complexity index is 453. The normalized spacial score (nSPS) is 16.6. The molecule has 2 rings (SSSR count). The molecule has 4 nitrogen and oxygen atoms in total. The molecule has 0 saturated carbocycles. The monoisotopic (exact) mass is 274 g/mol. The van der Waals surface area contributed by atoms with Crippen molar-refractivity contribution in [1.29, 1.82) is 0 Å². The largest absolute Gasteiger partial charge is 0.341 e. The Hall–Kier alpha value is -1.84. The maximum absolute atomic E-state index is 12.7. The highest BCUT2D eigenvalue weighted by atomic mass is 16.2. The number of hydrogen-bond acceptors (Lipinski definition) is 2. The van der Waals surface area contributed by atoms with E-state index in [9.17, 15) is 9.59 Å². The summed E-state index contributed by atoms with van der Waals surface area (Å²) in [7, 11) is 0. The van der Waals surface area contributed by atoms with Gasteiger partial charge in [-0.2, -0.15) is 0 Å². The first kappa shape index (κ1) is 14.6. The van der Waals surface area contributed by atoms with E-state index in [1.165, 1.54) is 6.42 Å². The molecule has 1 heterocycles. The summed E-state index contributed by atoms with van der Waals surface area (Å²) in [6.45, 7) is 3.39. The topological polar surface area (TPSA) is 49.4 Å². The van der Waals surface area contributed by atoms with Crippen molar-refractivity contribution in [3.8, 4) is 0 Å². The van der Waals surface area contributed by atoms with Crippen LogP contribution in [-0.2, 0) is 9.59 Å². The molecule has 0 radical (unpaired) electrons. The van der Waals surface area contributed by atoms with E-state index >= 15 is 0 Å². The van der Waals surface area contributed by atoms with Crippen LogP contribution in [0.15, 0.2) is 30.3 Å². The summed E-state index contributed by atoms with van der Waals surface area (Å²) in [6, 6.07) is 8.92. The lowest BCUT2D eigenvalue weighted by molar-refractivity contribution is -0.137. The fourth-order valence-electron chi connectivity index (χ4n) is 2.49. The number of carbonyl (C=O) groups is 2. The second kappa shape index (κ2) is 7.08. The van der Waals surface area contributed by atoms with E-state index in [1.54, 1.807) is 6.92 Å². The van der Waals surface area contributed by atoms with Crippen molar-refractivity contribution >= 4 is 11.8 Å².